The number of hydrazine groups is 1. The molecule has 1 fully saturated rings. The van der Waals surface area contributed by atoms with Gasteiger partial charge in [-0.3, -0.25) is 15.4 Å². The molecule has 2 heterocycles. The van der Waals surface area contributed by atoms with Crippen molar-refractivity contribution in [1.29, 1.82) is 0 Å². The zero-order chi connectivity index (χ0) is 14.9. The van der Waals surface area contributed by atoms with Gasteiger partial charge in [-0.15, -0.1) is 0 Å². The first kappa shape index (κ1) is 15.9. The molecule has 0 saturated carbocycles. The molecule has 1 saturated heterocycles. The average molecular weight is 344 g/mol. The summed E-state index contributed by atoms with van der Waals surface area (Å²) in [5.74, 6) is 5.92. The lowest BCUT2D eigenvalue weighted by Crippen LogP contribution is -2.53. The first-order chi connectivity index (χ1) is 9.39. The number of rotatable bonds is 5. The third-order valence-electron chi connectivity index (χ3n) is 4.34. The number of hydrogen-bond donors (Lipinski definition) is 2. The SMILES string of the molecule is CC(C)n1ncc(Br)c1C(NN)C(C)(C)N1CCCC1. The Hall–Kier alpha value is -0.430. The van der Waals surface area contributed by atoms with Crippen molar-refractivity contribution >= 4 is 15.9 Å². The second-order valence-corrected chi connectivity index (χ2v) is 7.22. The van der Waals surface area contributed by atoms with Crippen LogP contribution < -0.4 is 11.3 Å². The van der Waals surface area contributed by atoms with E-state index in [2.05, 4.69) is 59.0 Å². The highest BCUT2D eigenvalue weighted by Crippen LogP contribution is 2.37. The molecule has 1 unspecified atom stereocenters. The van der Waals surface area contributed by atoms with Crippen molar-refractivity contribution in [1.82, 2.24) is 20.1 Å². The van der Waals surface area contributed by atoms with E-state index in [1.54, 1.807) is 0 Å². The second kappa shape index (κ2) is 6.13. The second-order valence-electron chi connectivity index (χ2n) is 6.36. The maximum Gasteiger partial charge on any atom is 0.0818 e. The Morgan fingerprint density at radius 1 is 1.35 bits per heavy atom. The van der Waals surface area contributed by atoms with Gasteiger partial charge >= 0.3 is 0 Å². The van der Waals surface area contributed by atoms with E-state index in [1.807, 2.05) is 10.9 Å². The van der Waals surface area contributed by atoms with E-state index in [1.165, 1.54) is 12.8 Å². The molecular formula is C14H26BrN5. The Kier molecular flexibility index (Phi) is 4.89. The molecule has 5 nitrogen and oxygen atoms in total. The van der Waals surface area contributed by atoms with Gasteiger partial charge in [0.05, 0.1) is 22.4 Å². The minimum Gasteiger partial charge on any atom is -0.296 e. The zero-order valence-electron chi connectivity index (χ0n) is 12.9. The third-order valence-corrected chi connectivity index (χ3v) is 4.95. The standard InChI is InChI=1S/C14H26BrN5/c1-10(2)20-12(11(15)9-17-20)13(18-16)14(3,4)19-7-5-6-8-19/h9-10,13,18H,5-8,16H2,1-4H3. The van der Waals surface area contributed by atoms with Crippen molar-refractivity contribution in [2.24, 2.45) is 5.84 Å². The lowest BCUT2D eigenvalue weighted by atomic mass is 9.90. The molecule has 2 rings (SSSR count). The molecule has 114 valence electrons. The quantitative estimate of drug-likeness (QED) is 0.637. The number of nitrogens with one attached hydrogen (secondary N) is 1. The Morgan fingerprint density at radius 2 is 1.95 bits per heavy atom. The molecule has 1 aromatic heterocycles. The first-order valence-corrected chi connectivity index (χ1v) is 8.13. The Bertz CT molecular complexity index is 448. The van der Waals surface area contributed by atoms with Crippen LogP contribution >= 0.6 is 15.9 Å². The molecular weight excluding hydrogens is 318 g/mol. The molecule has 1 atom stereocenters. The van der Waals surface area contributed by atoms with E-state index in [0.717, 1.165) is 23.3 Å². The van der Waals surface area contributed by atoms with E-state index in [-0.39, 0.29) is 11.6 Å². The van der Waals surface area contributed by atoms with Crippen molar-refractivity contribution in [2.45, 2.75) is 58.2 Å². The molecule has 0 bridgehead atoms. The maximum atomic E-state index is 5.92. The van der Waals surface area contributed by atoms with Crippen LogP contribution in [0, 0.1) is 0 Å². The van der Waals surface area contributed by atoms with Gasteiger partial charge in [-0.25, -0.2) is 5.43 Å². The summed E-state index contributed by atoms with van der Waals surface area (Å²) >= 11 is 3.63. The molecule has 0 aliphatic carbocycles. The van der Waals surface area contributed by atoms with Crippen LogP contribution in [-0.4, -0.2) is 33.3 Å². The van der Waals surface area contributed by atoms with E-state index < -0.39 is 0 Å². The Morgan fingerprint density at radius 3 is 2.45 bits per heavy atom. The van der Waals surface area contributed by atoms with Crippen molar-refractivity contribution < 1.29 is 0 Å². The highest BCUT2D eigenvalue weighted by Gasteiger charge is 2.40. The van der Waals surface area contributed by atoms with Gasteiger partial charge in [-0.1, -0.05) is 0 Å². The Balaban J connectivity index is 2.39. The number of hydrogen-bond acceptors (Lipinski definition) is 4. The summed E-state index contributed by atoms with van der Waals surface area (Å²) in [5.41, 5.74) is 4.09. The van der Waals surface area contributed by atoms with Crippen molar-refractivity contribution in [3.8, 4) is 0 Å². The van der Waals surface area contributed by atoms with Crippen LogP contribution in [0.5, 0.6) is 0 Å². The van der Waals surface area contributed by atoms with Crippen LogP contribution in [0.2, 0.25) is 0 Å². The largest absolute Gasteiger partial charge is 0.296 e. The molecule has 0 radical (unpaired) electrons. The molecule has 20 heavy (non-hydrogen) atoms. The van der Waals surface area contributed by atoms with Gasteiger partial charge in [-0.05, 0) is 69.6 Å². The van der Waals surface area contributed by atoms with Crippen LogP contribution in [-0.2, 0) is 0 Å². The highest BCUT2D eigenvalue weighted by molar-refractivity contribution is 9.10. The minimum absolute atomic E-state index is 0.0277. The summed E-state index contributed by atoms with van der Waals surface area (Å²) in [7, 11) is 0. The van der Waals surface area contributed by atoms with Gasteiger partial charge in [0.15, 0.2) is 0 Å². The average Bonchev–Trinajstić information content (AvgIpc) is 3.00. The smallest absolute Gasteiger partial charge is 0.0818 e. The lowest BCUT2D eigenvalue weighted by Gasteiger charge is -2.42. The van der Waals surface area contributed by atoms with Gasteiger partial charge < -0.3 is 0 Å². The molecule has 6 heteroatoms. The van der Waals surface area contributed by atoms with Crippen LogP contribution in [0.3, 0.4) is 0 Å². The monoisotopic (exact) mass is 343 g/mol. The predicted octanol–water partition coefficient (Wildman–Crippen LogP) is 2.61. The predicted molar refractivity (Wildman–Crippen MR) is 85.3 cm³/mol. The third kappa shape index (κ3) is 2.79. The fourth-order valence-electron chi connectivity index (χ4n) is 3.13. The molecule has 0 aromatic carbocycles. The van der Waals surface area contributed by atoms with Crippen LogP contribution in [0.1, 0.15) is 58.3 Å². The fourth-order valence-corrected chi connectivity index (χ4v) is 3.63. The minimum atomic E-state index is -0.0551. The highest BCUT2D eigenvalue weighted by atomic mass is 79.9. The first-order valence-electron chi connectivity index (χ1n) is 7.33. The van der Waals surface area contributed by atoms with Crippen molar-refractivity contribution in [3.63, 3.8) is 0 Å². The summed E-state index contributed by atoms with van der Waals surface area (Å²) in [5, 5.41) is 4.48. The van der Waals surface area contributed by atoms with Crippen molar-refractivity contribution in [3.05, 3.63) is 16.4 Å². The van der Waals surface area contributed by atoms with Gasteiger partial charge in [0.2, 0.25) is 0 Å². The molecule has 1 aromatic rings. The molecule has 3 N–H and O–H groups in total. The van der Waals surface area contributed by atoms with Gasteiger partial charge in [0.1, 0.15) is 0 Å². The molecule has 0 amide bonds. The summed E-state index contributed by atoms with van der Waals surface area (Å²) in [6.45, 7) is 11.1. The summed E-state index contributed by atoms with van der Waals surface area (Å²) in [6.07, 6.45) is 4.40. The number of nitrogens with zero attached hydrogens (tertiary/aromatic N) is 3. The van der Waals surface area contributed by atoms with E-state index >= 15 is 0 Å². The fraction of sp³-hybridized carbons (Fsp3) is 0.786. The number of likely N-dealkylation sites (tertiary alicyclic amines) is 1. The molecule has 1 aliphatic heterocycles. The zero-order valence-corrected chi connectivity index (χ0v) is 14.4. The van der Waals surface area contributed by atoms with Crippen molar-refractivity contribution in [2.75, 3.05) is 13.1 Å². The number of aromatic nitrogens is 2. The summed E-state index contributed by atoms with van der Waals surface area (Å²) in [4.78, 5) is 2.52. The van der Waals surface area contributed by atoms with Gasteiger partial charge in [0, 0.05) is 11.6 Å². The van der Waals surface area contributed by atoms with Gasteiger partial charge in [0.25, 0.3) is 0 Å². The maximum absolute atomic E-state index is 5.92. The summed E-state index contributed by atoms with van der Waals surface area (Å²) in [6, 6.07) is 0.335. The summed E-state index contributed by atoms with van der Waals surface area (Å²) < 4.78 is 3.06. The number of nitrogens with two attached hydrogens (primary N) is 1. The number of halogens is 1. The van der Waals surface area contributed by atoms with Crippen LogP contribution in [0.15, 0.2) is 10.7 Å². The van der Waals surface area contributed by atoms with E-state index in [4.69, 9.17) is 5.84 Å². The van der Waals surface area contributed by atoms with E-state index in [9.17, 15) is 0 Å². The van der Waals surface area contributed by atoms with Crippen LogP contribution in [0.25, 0.3) is 0 Å². The Labute approximate surface area is 130 Å². The topological polar surface area (TPSA) is 59.1 Å². The van der Waals surface area contributed by atoms with Crippen LogP contribution in [0.4, 0.5) is 0 Å². The lowest BCUT2D eigenvalue weighted by molar-refractivity contribution is 0.102. The molecule has 0 spiro atoms. The normalized spacial score (nSPS) is 18.9. The molecule has 1 aliphatic rings. The van der Waals surface area contributed by atoms with Gasteiger partial charge in [-0.2, -0.15) is 5.10 Å². The van der Waals surface area contributed by atoms with E-state index in [0.29, 0.717) is 6.04 Å².